The Kier molecular flexibility index (Phi) is 3.17. The van der Waals surface area contributed by atoms with Gasteiger partial charge in [-0.05, 0) is 24.3 Å². The van der Waals surface area contributed by atoms with Crippen molar-refractivity contribution < 1.29 is 4.79 Å². The highest BCUT2D eigenvalue weighted by atomic mass is 16.2. The number of rotatable bonds is 3. The summed E-state index contributed by atoms with van der Waals surface area (Å²) in [5.74, 6) is 0. The molecule has 0 fully saturated rings. The molecule has 0 heterocycles. The Morgan fingerprint density at radius 1 is 1.43 bits per heavy atom. The van der Waals surface area contributed by atoms with Crippen LogP contribution in [0.15, 0.2) is 24.3 Å². The number of amides is 2. The third kappa shape index (κ3) is 2.85. The number of nitrogens with two attached hydrogens (primary N) is 2. The number of carbonyl (C=O) groups excluding carboxylic acids is 1. The van der Waals surface area contributed by atoms with Crippen molar-refractivity contribution in [3.05, 3.63) is 24.3 Å². The van der Waals surface area contributed by atoms with Crippen molar-refractivity contribution in [2.45, 2.75) is 0 Å². The highest BCUT2D eigenvalue weighted by molar-refractivity contribution is 5.72. The van der Waals surface area contributed by atoms with E-state index in [9.17, 15) is 4.79 Å². The fourth-order valence-electron chi connectivity index (χ4n) is 1.02. The molecule has 1 aromatic carbocycles. The van der Waals surface area contributed by atoms with Gasteiger partial charge in [0.1, 0.15) is 0 Å². The molecule has 14 heavy (non-hydrogen) atoms. The highest BCUT2D eigenvalue weighted by Crippen LogP contribution is 2.13. The zero-order valence-electron chi connectivity index (χ0n) is 8.03. The van der Waals surface area contributed by atoms with Crippen LogP contribution in [0.25, 0.3) is 0 Å². The van der Waals surface area contributed by atoms with E-state index >= 15 is 0 Å². The SMILES string of the molecule is CN(CNC(N)=O)c1ccc(N)cc1. The molecule has 0 unspecified atom stereocenters. The molecule has 0 aliphatic heterocycles. The van der Waals surface area contributed by atoms with Crippen molar-refractivity contribution in [3.8, 4) is 0 Å². The smallest absolute Gasteiger partial charge is 0.313 e. The Labute approximate surface area is 82.7 Å². The molecule has 1 rings (SSSR count). The standard InChI is InChI=1S/C9H14N4O/c1-13(6-12-9(11)14)8-4-2-7(10)3-5-8/h2-5H,6,10H2,1H3,(H3,11,12,14). The summed E-state index contributed by atoms with van der Waals surface area (Å²) < 4.78 is 0. The number of nitrogens with zero attached hydrogens (tertiary/aromatic N) is 1. The maximum atomic E-state index is 10.5. The van der Waals surface area contributed by atoms with Crippen LogP contribution in [0, 0.1) is 0 Å². The molecule has 2 amide bonds. The van der Waals surface area contributed by atoms with Gasteiger partial charge in [-0.3, -0.25) is 0 Å². The van der Waals surface area contributed by atoms with Crippen LogP contribution >= 0.6 is 0 Å². The maximum absolute atomic E-state index is 10.5. The van der Waals surface area contributed by atoms with Gasteiger partial charge in [-0.2, -0.15) is 0 Å². The monoisotopic (exact) mass is 194 g/mol. The van der Waals surface area contributed by atoms with Gasteiger partial charge in [0.05, 0.1) is 6.67 Å². The van der Waals surface area contributed by atoms with Gasteiger partial charge in [0.2, 0.25) is 0 Å². The number of anilines is 2. The second-order valence-electron chi connectivity index (χ2n) is 2.99. The normalized spacial score (nSPS) is 9.50. The molecule has 0 atom stereocenters. The lowest BCUT2D eigenvalue weighted by Crippen LogP contribution is -2.38. The van der Waals surface area contributed by atoms with Crippen LogP contribution in [0.4, 0.5) is 16.2 Å². The Hall–Kier alpha value is -1.91. The summed E-state index contributed by atoms with van der Waals surface area (Å²) in [6.07, 6.45) is 0. The average Bonchev–Trinajstić information content (AvgIpc) is 2.15. The predicted molar refractivity (Wildman–Crippen MR) is 56.8 cm³/mol. The van der Waals surface area contributed by atoms with Gasteiger partial charge in [0.15, 0.2) is 0 Å². The summed E-state index contributed by atoms with van der Waals surface area (Å²) >= 11 is 0. The van der Waals surface area contributed by atoms with Crippen molar-refractivity contribution in [3.63, 3.8) is 0 Å². The zero-order chi connectivity index (χ0) is 10.6. The third-order valence-corrected chi connectivity index (χ3v) is 1.82. The predicted octanol–water partition coefficient (Wildman–Crippen LogP) is 0.331. The molecule has 0 aromatic heterocycles. The minimum atomic E-state index is -0.535. The summed E-state index contributed by atoms with van der Waals surface area (Å²) in [4.78, 5) is 12.3. The van der Waals surface area contributed by atoms with Crippen LogP contribution in [-0.4, -0.2) is 19.7 Å². The number of primary amides is 1. The molecule has 0 spiro atoms. The lowest BCUT2D eigenvalue weighted by atomic mass is 10.3. The second kappa shape index (κ2) is 4.36. The minimum absolute atomic E-state index is 0.374. The summed E-state index contributed by atoms with van der Waals surface area (Å²) in [5.41, 5.74) is 12.2. The summed E-state index contributed by atoms with van der Waals surface area (Å²) in [5, 5.41) is 2.49. The van der Waals surface area contributed by atoms with Crippen molar-refractivity contribution in [2.75, 3.05) is 24.3 Å². The van der Waals surface area contributed by atoms with Crippen LogP contribution in [0.3, 0.4) is 0 Å². The summed E-state index contributed by atoms with van der Waals surface area (Å²) in [6.45, 7) is 0.374. The number of hydrogen-bond acceptors (Lipinski definition) is 3. The van der Waals surface area contributed by atoms with Gasteiger partial charge in [0, 0.05) is 18.4 Å². The largest absolute Gasteiger partial charge is 0.399 e. The molecule has 1 aromatic rings. The first-order valence-corrected chi connectivity index (χ1v) is 4.19. The Morgan fingerprint density at radius 3 is 2.50 bits per heavy atom. The Morgan fingerprint density at radius 2 is 2.00 bits per heavy atom. The van der Waals surface area contributed by atoms with Crippen molar-refractivity contribution in [2.24, 2.45) is 5.73 Å². The number of nitrogen functional groups attached to an aromatic ring is 1. The molecule has 0 saturated carbocycles. The fourth-order valence-corrected chi connectivity index (χ4v) is 1.02. The van der Waals surface area contributed by atoms with E-state index in [0.29, 0.717) is 12.4 Å². The fraction of sp³-hybridized carbons (Fsp3) is 0.222. The van der Waals surface area contributed by atoms with E-state index in [2.05, 4.69) is 5.32 Å². The van der Waals surface area contributed by atoms with Crippen LogP contribution in [0.5, 0.6) is 0 Å². The van der Waals surface area contributed by atoms with Crippen LogP contribution in [0.2, 0.25) is 0 Å². The van der Waals surface area contributed by atoms with E-state index in [0.717, 1.165) is 5.69 Å². The van der Waals surface area contributed by atoms with Crippen LogP contribution < -0.4 is 21.7 Å². The van der Waals surface area contributed by atoms with E-state index in [1.807, 2.05) is 24.1 Å². The van der Waals surface area contributed by atoms with E-state index in [4.69, 9.17) is 11.5 Å². The molecule has 0 aliphatic rings. The van der Waals surface area contributed by atoms with Gasteiger partial charge in [-0.25, -0.2) is 4.79 Å². The van der Waals surface area contributed by atoms with Crippen LogP contribution in [0.1, 0.15) is 0 Å². The first kappa shape index (κ1) is 10.2. The summed E-state index contributed by atoms with van der Waals surface area (Å²) in [7, 11) is 1.85. The lowest BCUT2D eigenvalue weighted by Gasteiger charge is -2.19. The average molecular weight is 194 g/mol. The lowest BCUT2D eigenvalue weighted by molar-refractivity contribution is 0.249. The molecular formula is C9H14N4O. The first-order valence-electron chi connectivity index (χ1n) is 4.19. The molecule has 0 bridgehead atoms. The molecule has 5 N–H and O–H groups in total. The number of benzene rings is 1. The molecule has 0 aliphatic carbocycles. The van der Waals surface area contributed by atoms with Gasteiger partial charge >= 0.3 is 6.03 Å². The number of carbonyl (C=O) groups is 1. The van der Waals surface area contributed by atoms with Gasteiger partial charge in [-0.1, -0.05) is 0 Å². The molecule has 76 valence electrons. The first-order chi connectivity index (χ1) is 6.59. The molecule has 0 radical (unpaired) electrons. The second-order valence-corrected chi connectivity index (χ2v) is 2.99. The van der Waals surface area contributed by atoms with Gasteiger partial charge in [0.25, 0.3) is 0 Å². The Balaban J connectivity index is 2.56. The van der Waals surface area contributed by atoms with Gasteiger partial charge in [-0.15, -0.1) is 0 Å². The van der Waals surface area contributed by atoms with Crippen molar-refractivity contribution in [1.82, 2.24) is 5.32 Å². The third-order valence-electron chi connectivity index (χ3n) is 1.82. The van der Waals surface area contributed by atoms with E-state index in [1.165, 1.54) is 0 Å². The number of urea groups is 1. The summed E-state index contributed by atoms with van der Waals surface area (Å²) in [6, 6.07) is 6.81. The highest BCUT2D eigenvalue weighted by Gasteiger charge is 2.00. The molecule has 0 saturated heterocycles. The van der Waals surface area contributed by atoms with E-state index in [-0.39, 0.29) is 0 Å². The van der Waals surface area contributed by atoms with Crippen LogP contribution in [-0.2, 0) is 0 Å². The van der Waals surface area contributed by atoms with Crippen molar-refractivity contribution in [1.29, 1.82) is 0 Å². The zero-order valence-corrected chi connectivity index (χ0v) is 8.03. The minimum Gasteiger partial charge on any atom is -0.399 e. The quantitative estimate of drug-likeness (QED) is 0.479. The molecule has 5 heteroatoms. The molecular weight excluding hydrogens is 180 g/mol. The van der Waals surface area contributed by atoms with Gasteiger partial charge < -0.3 is 21.7 Å². The maximum Gasteiger partial charge on any atom is 0.313 e. The van der Waals surface area contributed by atoms with E-state index < -0.39 is 6.03 Å². The molecule has 5 nitrogen and oxygen atoms in total. The van der Waals surface area contributed by atoms with Crippen molar-refractivity contribution >= 4 is 17.4 Å². The van der Waals surface area contributed by atoms with E-state index in [1.54, 1.807) is 12.1 Å². The number of hydrogen-bond donors (Lipinski definition) is 3. The number of nitrogens with one attached hydrogen (secondary N) is 1. The topological polar surface area (TPSA) is 84.4 Å². The Bertz CT molecular complexity index is 309.